The van der Waals surface area contributed by atoms with Gasteiger partial charge in [0, 0.05) is 39.5 Å². The van der Waals surface area contributed by atoms with Crippen LogP contribution in [0, 0.1) is 5.92 Å². The minimum atomic E-state index is -0.925. The van der Waals surface area contributed by atoms with Crippen molar-refractivity contribution in [2.45, 2.75) is 19.3 Å². The lowest BCUT2D eigenvalue weighted by Gasteiger charge is -2.11. The number of hydrogen-bond donors (Lipinski definition) is 3. The third-order valence-electron chi connectivity index (χ3n) is 3.76. The molecule has 0 saturated carbocycles. The van der Waals surface area contributed by atoms with Gasteiger partial charge in [0.15, 0.2) is 0 Å². The van der Waals surface area contributed by atoms with Gasteiger partial charge in [-0.25, -0.2) is 0 Å². The Kier molecular flexibility index (Phi) is 10.3. The van der Waals surface area contributed by atoms with Crippen LogP contribution in [-0.2, 0) is 28.7 Å². The second-order valence-electron chi connectivity index (χ2n) is 5.93. The first-order chi connectivity index (χ1) is 12.4. The zero-order valence-corrected chi connectivity index (χ0v) is 15.0. The lowest BCUT2D eigenvalue weighted by atomic mass is 10.1. The SMILES string of the molecule is CN1CC(C(=O)NCCOCCC(=O)NCCOCCC(=O)O)CC1=O. The Labute approximate surface area is 152 Å². The van der Waals surface area contributed by atoms with E-state index in [0.717, 1.165) is 0 Å². The molecular weight excluding hydrogens is 346 g/mol. The van der Waals surface area contributed by atoms with Crippen LogP contribution in [0.15, 0.2) is 0 Å². The lowest BCUT2D eigenvalue weighted by Crippen LogP contribution is -2.34. The Balaban J connectivity index is 1.92. The second-order valence-corrected chi connectivity index (χ2v) is 5.93. The minimum Gasteiger partial charge on any atom is -0.481 e. The summed E-state index contributed by atoms with van der Waals surface area (Å²) in [4.78, 5) is 46.5. The number of carboxylic acid groups (broad SMARTS) is 1. The van der Waals surface area contributed by atoms with Crippen molar-refractivity contribution in [1.82, 2.24) is 15.5 Å². The van der Waals surface area contributed by atoms with Gasteiger partial charge in [0.2, 0.25) is 17.7 Å². The van der Waals surface area contributed by atoms with Crippen molar-refractivity contribution in [3.63, 3.8) is 0 Å². The zero-order chi connectivity index (χ0) is 19.4. The highest BCUT2D eigenvalue weighted by Gasteiger charge is 2.31. The number of nitrogens with zero attached hydrogens (tertiary/aromatic N) is 1. The van der Waals surface area contributed by atoms with Crippen molar-refractivity contribution >= 4 is 23.7 Å². The summed E-state index contributed by atoms with van der Waals surface area (Å²) in [6.07, 6.45) is 0.362. The maximum Gasteiger partial charge on any atom is 0.305 e. The summed E-state index contributed by atoms with van der Waals surface area (Å²) in [5.41, 5.74) is 0. The first kappa shape index (κ1) is 21.8. The summed E-state index contributed by atoms with van der Waals surface area (Å²) < 4.78 is 10.3. The van der Waals surface area contributed by atoms with Crippen LogP contribution in [0.2, 0.25) is 0 Å². The number of carbonyl (C=O) groups excluding carboxylic acids is 3. The Morgan fingerprint density at radius 2 is 1.69 bits per heavy atom. The number of rotatable bonds is 13. The van der Waals surface area contributed by atoms with Crippen LogP contribution in [0.1, 0.15) is 19.3 Å². The van der Waals surface area contributed by atoms with E-state index in [-0.39, 0.29) is 69.3 Å². The first-order valence-electron chi connectivity index (χ1n) is 8.55. The fraction of sp³-hybridized carbons (Fsp3) is 0.750. The van der Waals surface area contributed by atoms with Crippen molar-refractivity contribution in [3.05, 3.63) is 0 Å². The zero-order valence-electron chi connectivity index (χ0n) is 15.0. The summed E-state index contributed by atoms with van der Waals surface area (Å²) in [5.74, 6) is -1.61. The second kappa shape index (κ2) is 12.2. The van der Waals surface area contributed by atoms with Gasteiger partial charge in [-0.15, -0.1) is 0 Å². The van der Waals surface area contributed by atoms with E-state index in [4.69, 9.17) is 14.6 Å². The summed E-state index contributed by atoms with van der Waals surface area (Å²) in [6.45, 7) is 1.96. The molecule has 1 aliphatic rings. The maximum atomic E-state index is 11.9. The summed E-state index contributed by atoms with van der Waals surface area (Å²) in [6, 6.07) is 0. The standard InChI is InChI=1S/C16H27N3O7/c1-19-11-12(10-14(19)21)16(24)18-5-9-25-6-2-13(20)17-4-8-26-7-3-15(22)23/h12H,2-11H2,1H3,(H,17,20)(H,18,24)(H,22,23). The Bertz CT molecular complexity index is 498. The highest BCUT2D eigenvalue weighted by Crippen LogP contribution is 2.15. The molecule has 3 amide bonds. The van der Waals surface area contributed by atoms with Crippen LogP contribution >= 0.6 is 0 Å². The molecule has 0 aromatic carbocycles. The van der Waals surface area contributed by atoms with Gasteiger partial charge < -0.3 is 30.1 Å². The van der Waals surface area contributed by atoms with Gasteiger partial charge in [-0.1, -0.05) is 0 Å². The minimum absolute atomic E-state index is 0.0281. The Hall–Kier alpha value is -2.20. The van der Waals surface area contributed by atoms with Gasteiger partial charge in [0.25, 0.3) is 0 Å². The highest BCUT2D eigenvalue weighted by molar-refractivity contribution is 5.89. The first-order valence-corrected chi connectivity index (χ1v) is 8.55. The molecule has 1 saturated heterocycles. The average Bonchev–Trinajstić information content (AvgIpc) is 2.92. The van der Waals surface area contributed by atoms with E-state index in [1.54, 1.807) is 7.05 Å². The largest absolute Gasteiger partial charge is 0.481 e. The van der Waals surface area contributed by atoms with Crippen LogP contribution in [0.4, 0.5) is 0 Å². The predicted octanol–water partition coefficient (Wildman–Crippen LogP) is -1.40. The third-order valence-corrected chi connectivity index (χ3v) is 3.76. The van der Waals surface area contributed by atoms with E-state index < -0.39 is 5.97 Å². The van der Waals surface area contributed by atoms with Gasteiger partial charge in [0.1, 0.15) is 0 Å². The molecule has 3 N–H and O–H groups in total. The summed E-state index contributed by atoms with van der Waals surface area (Å²) >= 11 is 0. The average molecular weight is 373 g/mol. The Morgan fingerprint density at radius 1 is 1.08 bits per heavy atom. The van der Waals surface area contributed by atoms with Crippen molar-refractivity contribution < 1.29 is 33.8 Å². The molecular formula is C16H27N3O7. The van der Waals surface area contributed by atoms with E-state index in [0.29, 0.717) is 19.6 Å². The van der Waals surface area contributed by atoms with Gasteiger partial charge >= 0.3 is 5.97 Å². The number of hydrogen-bond acceptors (Lipinski definition) is 6. The normalized spacial score (nSPS) is 16.6. The molecule has 1 aliphatic heterocycles. The van der Waals surface area contributed by atoms with E-state index in [2.05, 4.69) is 10.6 Å². The fourth-order valence-electron chi connectivity index (χ4n) is 2.31. The summed E-state index contributed by atoms with van der Waals surface area (Å²) in [7, 11) is 1.67. The Morgan fingerprint density at radius 3 is 2.27 bits per heavy atom. The third kappa shape index (κ3) is 9.33. The van der Waals surface area contributed by atoms with E-state index in [1.807, 2.05) is 0 Å². The molecule has 0 spiro atoms. The maximum absolute atomic E-state index is 11.9. The number of carbonyl (C=O) groups is 4. The van der Waals surface area contributed by atoms with Crippen molar-refractivity contribution in [1.29, 1.82) is 0 Å². The van der Waals surface area contributed by atoms with E-state index >= 15 is 0 Å². The number of carboxylic acids is 1. The molecule has 0 radical (unpaired) electrons. The van der Waals surface area contributed by atoms with Gasteiger partial charge in [-0.3, -0.25) is 19.2 Å². The predicted molar refractivity (Wildman–Crippen MR) is 90.3 cm³/mol. The fourth-order valence-corrected chi connectivity index (χ4v) is 2.31. The smallest absolute Gasteiger partial charge is 0.305 e. The van der Waals surface area contributed by atoms with Gasteiger partial charge in [0.05, 0.1) is 38.8 Å². The monoisotopic (exact) mass is 373 g/mol. The molecule has 0 bridgehead atoms. The molecule has 0 aliphatic carbocycles. The molecule has 1 atom stereocenters. The van der Waals surface area contributed by atoms with E-state index in [1.165, 1.54) is 4.90 Å². The highest BCUT2D eigenvalue weighted by atomic mass is 16.5. The molecule has 26 heavy (non-hydrogen) atoms. The topological polar surface area (TPSA) is 134 Å². The number of nitrogens with one attached hydrogen (secondary N) is 2. The van der Waals surface area contributed by atoms with Crippen LogP contribution in [-0.4, -0.2) is 86.8 Å². The van der Waals surface area contributed by atoms with E-state index in [9.17, 15) is 19.2 Å². The van der Waals surface area contributed by atoms with Crippen molar-refractivity contribution in [2.24, 2.45) is 5.92 Å². The molecule has 1 heterocycles. The van der Waals surface area contributed by atoms with Crippen molar-refractivity contribution in [2.75, 3.05) is 53.1 Å². The lowest BCUT2D eigenvalue weighted by molar-refractivity contribution is -0.138. The van der Waals surface area contributed by atoms with Crippen LogP contribution in [0.3, 0.4) is 0 Å². The molecule has 1 rings (SSSR count). The molecule has 0 aromatic rings. The van der Waals surface area contributed by atoms with Crippen molar-refractivity contribution in [3.8, 4) is 0 Å². The number of likely N-dealkylation sites (tertiary alicyclic amines) is 1. The van der Waals surface area contributed by atoms with Gasteiger partial charge in [-0.2, -0.15) is 0 Å². The molecule has 148 valence electrons. The quantitative estimate of drug-likeness (QED) is 0.338. The van der Waals surface area contributed by atoms with Crippen LogP contribution in [0.25, 0.3) is 0 Å². The number of aliphatic carboxylic acids is 1. The summed E-state index contributed by atoms with van der Waals surface area (Å²) in [5, 5.41) is 13.8. The van der Waals surface area contributed by atoms with Gasteiger partial charge in [-0.05, 0) is 0 Å². The molecule has 1 unspecified atom stereocenters. The van der Waals surface area contributed by atoms with Crippen LogP contribution < -0.4 is 10.6 Å². The molecule has 10 heteroatoms. The number of amides is 3. The molecule has 10 nitrogen and oxygen atoms in total. The number of ether oxygens (including phenoxy) is 2. The molecule has 0 aromatic heterocycles. The van der Waals surface area contributed by atoms with Crippen LogP contribution in [0.5, 0.6) is 0 Å². The molecule has 1 fully saturated rings.